The van der Waals surface area contributed by atoms with E-state index in [2.05, 4.69) is 0 Å². The van der Waals surface area contributed by atoms with Gasteiger partial charge in [0.2, 0.25) is 0 Å². The second kappa shape index (κ2) is 28.6. The molecular formula is C12H12Na6O39S9. The summed E-state index contributed by atoms with van der Waals surface area (Å²) < 4.78 is 255. The molecule has 0 aromatic carbocycles. The Labute approximate surface area is 500 Å². The summed E-state index contributed by atoms with van der Waals surface area (Å²) in [5.41, 5.74) is 0. The van der Waals surface area contributed by atoms with Crippen molar-refractivity contribution in [3.63, 3.8) is 0 Å². The molecule has 0 saturated carbocycles. The summed E-state index contributed by atoms with van der Waals surface area (Å²) in [5.74, 6) is -20.4. The van der Waals surface area contributed by atoms with Crippen molar-refractivity contribution < 1.29 is 353 Å². The third kappa shape index (κ3) is 18.7. The van der Waals surface area contributed by atoms with Crippen molar-refractivity contribution in [3.05, 3.63) is 0 Å². The Morgan fingerprint density at radius 2 is 0.364 bits per heavy atom. The number of carboxylic acids is 6. The summed E-state index contributed by atoms with van der Waals surface area (Å²) in [4.78, 5) is 63.4. The van der Waals surface area contributed by atoms with Gasteiger partial charge in [0.25, 0.3) is 103 Å². The van der Waals surface area contributed by atoms with Crippen LogP contribution in [-0.4, -0.2) is 181 Å². The van der Waals surface area contributed by atoms with Crippen LogP contribution in [0.4, 0.5) is 0 Å². The zero-order valence-electron chi connectivity index (χ0n) is 32.2. The van der Waals surface area contributed by atoms with Crippen LogP contribution in [0, 0.1) is 0 Å². The Morgan fingerprint density at radius 1 is 0.273 bits per heavy atom. The van der Waals surface area contributed by atoms with Crippen molar-refractivity contribution in [1.82, 2.24) is 0 Å². The molecule has 66 heavy (non-hydrogen) atoms. The van der Waals surface area contributed by atoms with Gasteiger partial charge in [0.15, 0.2) is 15.7 Å². The molecule has 0 aliphatic rings. The number of aliphatic carboxylic acids is 6. The fraction of sp³-hybridized carbons (Fsp3) is 0.500. The Bertz CT molecular complexity index is 2450. The SMILES string of the molecule is O=C([O-])C(C(C(=O)[O-])(S(=O)(=O)O)S(=O)(=O)O)S(=O)(=O)O.O=C([O-])C(C(C(=O)[O-])(S(=O)(=O)O)S(=O)(=O)O)S(=O)(=O)O.O=C([O-])C(C(C(=O)[O-])(S(=O)(=O)O)S(=O)(=O)O)S(=O)(=O)O.[Na+].[Na+].[Na+].[Na+].[Na+].[Na+]. The van der Waals surface area contributed by atoms with E-state index in [1.54, 1.807) is 0 Å². The first-order valence-corrected chi connectivity index (χ1v) is 24.7. The monoisotopic (exact) mass is 1210 g/mol. The number of hydrogen-bond acceptors (Lipinski definition) is 30. The fourth-order valence-electron chi connectivity index (χ4n) is 3.58. The van der Waals surface area contributed by atoms with Crippen molar-refractivity contribution in [1.29, 1.82) is 0 Å². The van der Waals surface area contributed by atoms with Crippen molar-refractivity contribution in [3.8, 4) is 0 Å². The minimum absolute atomic E-state index is 0. The van der Waals surface area contributed by atoms with Gasteiger partial charge in [-0.05, 0) is 0 Å². The first-order chi connectivity index (χ1) is 25.5. The number of carbonyl (C=O) groups is 6. The fourth-order valence-corrected chi connectivity index (χ4v) is 16.8. The van der Waals surface area contributed by atoms with Gasteiger partial charge in [-0.3, -0.25) is 41.0 Å². The third-order valence-electron chi connectivity index (χ3n) is 5.72. The van der Waals surface area contributed by atoms with E-state index in [4.69, 9.17) is 41.0 Å². The molecule has 0 fully saturated rings. The predicted molar refractivity (Wildman–Crippen MR) is 154 cm³/mol. The smallest absolute Gasteiger partial charge is 0.549 e. The van der Waals surface area contributed by atoms with Gasteiger partial charge < -0.3 is 59.4 Å². The van der Waals surface area contributed by atoms with Crippen LogP contribution in [0.3, 0.4) is 0 Å². The normalized spacial score (nSPS) is 14.1. The zero-order valence-corrected chi connectivity index (χ0v) is 51.5. The minimum atomic E-state index is -6.67. The first kappa shape index (κ1) is 87.7. The van der Waals surface area contributed by atoms with Crippen LogP contribution in [-0.2, 0) is 120 Å². The number of hydrogen-bond donors (Lipinski definition) is 9. The van der Waals surface area contributed by atoms with Gasteiger partial charge in [0.05, 0.1) is 35.8 Å². The van der Waals surface area contributed by atoms with Gasteiger partial charge in [0, 0.05) is 0 Å². The van der Waals surface area contributed by atoms with Crippen molar-refractivity contribution >= 4 is 127 Å². The van der Waals surface area contributed by atoms with Crippen molar-refractivity contribution in [2.24, 2.45) is 0 Å². The van der Waals surface area contributed by atoms with E-state index in [1.165, 1.54) is 0 Å². The Kier molecular flexibility index (Phi) is 38.0. The first-order valence-electron chi connectivity index (χ1n) is 11.5. The van der Waals surface area contributed by atoms with E-state index in [-0.39, 0.29) is 177 Å². The van der Waals surface area contributed by atoms with E-state index in [9.17, 15) is 135 Å². The van der Waals surface area contributed by atoms with Gasteiger partial charge in [-0.25, -0.2) is 0 Å². The Hall–Kier alpha value is 2.01. The second-order valence-corrected chi connectivity index (χ2v) is 24.2. The van der Waals surface area contributed by atoms with Gasteiger partial charge >= 0.3 is 177 Å². The van der Waals surface area contributed by atoms with E-state index < -0.39 is 155 Å². The molecule has 0 amide bonds. The van der Waals surface area contributed by atoms with Crippen LogP contribution in [0.25, 0.3) is 0 Å². The molecule has 354 valence electrons. The summed E-state index contributed by atoms with van der Waals surface area (Å²) in [6, 6.07) is 0. The van der Waals surface area contributed by atoms with Gasteiger partial charge in [-0.2, -0.15) is 75.8 Å². The average molecular weight is 1210 g/mol. The third-order valence-corrected chi connectivity index (χ3v) is 20.8. The molecule has 3 unspecified atom stereocenters. The summed E-state index contributed by atoms with van der Waals surface area (Å²) in [6.07, 6.45) is 0. The minimum Gasteiger partial charge on any atom is -0.549 e. The second-order valence-electron chi connectivity index (χ2n) is 9.36. The largest absolute Gasteiger partial charge is 1.00 e. The van der Waals surface area contributed by atoms with Crippen LogP contribution < -0.4 is 208 Å². The molecule has 0 radical (unpaired) electrons. The zero-order chi connectivity index (χ0) is 50.2. The van der Waals surface area contributed by atoms with Crippen LogP contribution in [0.5, 0.6) is 0 Å². The quantitative estimate of drug-likeness (QED) is 0.0454. The van der Waals surface area contributed by atoms with Gasteiger partial charge in [-0.15, -0.1) is 0 Å². The van der Waals surface area contributed by atoms with E-state index in [0.717, 1.165) is 0 Å². The molecule has 0 aliphatic heterocycles. The van der Waals surface area contributed by atoms with Crippen molar-refractivity contribution in [2.45, 2.75) is 28.0 Å². The summed E-state index contributed by atoms with van der Waals surface area (Å²) >= 11 is 0. The van der Waals surface area contributed by atoms with E-state index >= 15 is 0 Å². The molecule has 0 aliphatic carbocycles. The maximum atomic E-state index is 10.9. The molecule has 0 heterocycles. The molecule has 0 bridgehead atoms. The maximum Gasteiger partial charge on any atom is 1.00 e. The van der Waals surface area contributed by atoms with Crippen molar-refractivity contribution in [2.75, 3.05) is 0 Å². The summed E-state index contributed by atoms with van der Waals surface area (Å²) in [5, 5.41) is 50.5. The Balaban J connectivity index is -0.000000101. The molecule has 0 aromatic rings. The summed E-state index contributed by atoms with van der Waals surface area (Å²) in [7, 11) is -58.9. The molecule has 9 N–H and O–H groups in total. The number of carbonyl (C=O) groups excluding carboxylic acids is 6. The van der Waals surface area contributed by atoms with Crippen LogP contribution in [0.15, 0.2) is 0 Å². The molecule has 0 spiro atoms. The Morgan fingerprint density at radius 3 is 0.379 bits per heavy atom. The van der Waals surface area contributed by atoms with Crippen LogP contribution in [0.1, 0.15) is 0 Å². The summed E-state index contributed by atoms with van der Waals surface area (Å²) in [6.45, 7) is 0. The molecule has 0 saturated heterocycles. The van der Waals surface area contributed by atoms with E-state index in [1.807, 2.05) is 0 Å². The molecule has 54 heteroatoms. The van der Waals surface area contributed by atoms with Crippen LogP contribution >= 0.6 is 0 Å². The van der Waals surface area contributed by atoms with Crippen LogP contribution in [0.2, 0.25) is 0 Å². The molecule has 0 aromatic heterocycles. The molecule has 0 rings (SSSR count). The number of rotatable bonds is 18. The van der Waals surface area contributed by atoms with Gasteiger partial charge in [-0.1, -0.05) is 0 Å². The maximum absolute atomic E-state index is 10.9. The molecule has 39 nitrogen and oxygen atoms in total. The predicted octanol–water partition coefficient (Wildman–Crippen LogP) is -35.3. The van der Waals surface area contributed by atoms with E-state index in [0.29, 0.717) is 0 Å². The topological polar surface area (TPSA) is 730 Å². The molecular weight excluding hydrogens is 1190 g/mol. The number of carboxylic acid groups (broad SMARTS) is 6. The average Bonchev–Trinajstić information content (AvgIpc) is 2.85. The van der Waals surface area contributed by atoms with Gasteiger partial charge in [0.1, 0.15) is 0 Å². The standard InChI is InChI=1S/3C4H6O13S3.6Na/c3*5-2(6)1(18(9,10)11)4(3(7)8,19(12,13)14)20(15,16)17;;;;;;/h3*1H,(H,5,6)(H,7,8)(H,9,10,11)(H,12,13,14)(H,15,16,17);;;;;;/q;;;6*+1/p-6. The molecule has 3 atom stereocenters.